The highest BCUT2D eigenvalue weighted by molar-refractivity contribution is 6.07. The Hall–Kier alpha value is -2.69. The normalized spacial score (nSPS) is 17.2. The third kappa shape index (κ3) is 2.77. The van der Waals surface area contributed by atoms with Crippen molar-refractivity contribution in [3.8, 4) is 0 Å². The van der Waals surface area contributed by atoms with Gasteiger partial charge in [-0.05, 0) is 58.2 Å². The first kappa shape index (κ1) is 16.8. The molecule has 1 aromatic carbocycles. The fraction of sp³-hybridized carbons (Fsp3) is 0.381. The molecule has 2 aromatic heterocycles. The highest BCUT2D eigenvalue weighted by Gasteiger charge is 2.33. The van der Waals surface area contributed by atoms with Crippen molar-refractivity contribution in [1.29, 1.82) is 0 Å². The fourth-order valence-corrected chi connectivity index (χ4v) is 4.00. The molecule has 26 heavy (non-hydrogen) atoms. The van der Waals surface area contributed by atoms with Crippen LogP contribution in [0.15, 0.2) is 28.8 Å². The van der Waals surface area contributed by atoms with Crippen LogP contribution in [0.2, 0.25) is 0 Å². The second-order valence-corrected chi connectivity index (χ2v) is 7.31. The maximum atomic E-state index is 13.5. The minimum absolute atomic E-state index is 0.0191. The van der Waals surface area contributed by atoms with Crippen LogP contribution in [0.5, 0.6) is 0 Å². The standard InChI is InChI=1S/C21H23N3O2/c1-12-8-13(2)20-16(9-12)17(10-14(3)22-20)21(25)24-7-5-6-19(24)18-11-15(4)26-23-18/h8-11,19H,5-7H2,1-4H3. The largest absolute Gasteiger partial charge is 0.361 e. The number of likely N-dealkylation sites (tertiary alicyclic amines) is 1. The van der Waals surface area contributed by atoms with E-state index < -0.39 is 0 Å². The van der Waals surface area contributed by atoms with Crippen LogP contribution in [0.1, 0.15) is 57.5 Å². The number of amides is 1. The number of carbonyl (C=O) groups is 1. The lowest BCUT2D eigenvalue weighted by Crippen LogP contribution is -2.31. The van der Waals surface area contributed by atoms with Gasteiger partial charge in [-0.3, -0.25) is 9.78 Å². The maximum absolute atomic E-state index is 13.5. The van der Waals surface area contributed by atoms with E-state index in [1.54, 1.807) is 0 Å². The summed E-state index contributed by atoms with van der Waals surface area (Å²) >= 11 is 0. The van der Waals surface area contributed by atoms with Crippen LogP contribution in [-0.4, -0.2) is 27.5 Å². The Morgan fingerprint density at radius 3 is 2.69 bits per heavy atom. The van der Waals surface area contributed by atoms with Gasteiger partial charge in [0.25, 0.3) is 5.91 Å². The predicted molar refractivity (Wildman–Crippen MR) is 100 cm³/mol. The lowest BCUT2D eigenvalue weighted by molar-refractivity contribution is 0.0732. The number of carbonyl (C=O) groups excluding carboxylic acids is 1. The molecule has 0 radical (unpaired) electrons. The molecule has 1 saturated heterocycles. The van der Waals surface area contributed by atoms with E-state index in [1.165, 1.54) is 0 Å². The van der Waals surface area contributed by atoms with E-state index in [-0.39, 0.29) is 11.9 Å². The van der Waals surface area contributed by atoms with Gasteiger partial charge in [-0.2, -0.15) is 0 Å². The van der Waals surface area contributed by atoms with E-state index in [1.807, 2.05) is 37.8 Å². The molecule has 5 nitrogen and oxygen atoms in total. The van der Waals surface area contributed by atoms with E-state index in [2.05, 4.69) is 29.2 Å². The van der Waals surface area contributed by atoms with E-state index >= 15 is 0 Å². The molecule has 134 valence electrons. The van der Waals surface area contributed by atoms with Crippen LogP contribution in [-0.2, 0) is 0 Å². The zero-order chi connectivity index (χ0) is 18.4. The van der Waals surface area contributed by atoms with Crippen LogP contribution in [0, 0.1) is 27.7 Å². The molecule has 0 N–H and O–H groups in total. The Bertz CT molecular complexity index is 1010. The summed E-state index contributed by atoms with van der Waals surface area (Å²) in [6, 6.07) is 8.00. The van der Waals surface area contributed by atoms with Crippen molar-refractivity contribution in [2.75, 3.05) is 6.54 Å². The molecule has 1 aliphatic heterocycles. The summed E-state index contributed by atoms with van der Waals surface area (Å²) in [7, 11) is 0. The number of hydrogen-bond donors (Lipinski definition) is 0. The van der Waals surface area contributed by atoms with Gasteiger partial charge in [-0.15, -0.1) is 0 Å². The van der Waals surface area contributed by atoms with Gasteiger partial charge < -0.3 is 9.42 Å². The Labute approximate surface area is 153 Å². The van der Waals surface area contributed by atoms with E-state index in [9.17, 15) is 4.79 Å². The zero-order valence-corrected chi connectivity index (χ0v) is 15.7. The first-order valence-electron chi connectivity index (χ1n) is 9.07. The minimum atomic E-state index is -0.0191. The van der Waals surface area contributed by atoms with E-state index in [4.69, 9.17) is 4.52 Å². The average Bonchev–Trinajstić information content (AvgIpc) is 3.23. The van der Waals surface area contributed by atoms with Crippen LogP contribution in [0.25, 0.3) is 10.9 Å². The Morgan fingerprint density at radius 2 is 1.96 bits per heavy atom. The Morgan fingerprint density at radius 1 is 1.15 bits per heavy atom. The van der Waals surface area contributed by atoms with Gasteiger partial charge in [0.1, 0.15) is 11.5 Å². The average molecular weight is 349 g/mol. The molecule has 0 saturated carbocycles. The number of hydrogen-bond acceptors (Lipinski definition) is 4. The summed E-state index contributed by atoms with van der Waals surface area (Å²) < 4.78 is 5.23. The molecule has 5 heteroatoms. The molecular weight excluding hydrogens is 326 g/mol. The molecule has 4 rings (SSSR count). The monoisotopic (exact) mass is 349 g/mol. The second kappa shape index (κ2) is 6.24. The second-order valence-electron chi connectivity index (χ2n) is 7.31. The van der Waals surface area contributed by atoms with Gasteiger partial charge in [-0.25, -0.2) is 0 Å². The lowest BCUT2D eigenvalue weighted by atomic mass is 10.0. The van der Waals surface area contributed by atoms with Crippen LogP contribution < -0.4 is 0 Å². The molecule has 1 atom stereocenters. The molecule has 1 amide bonds. The highest BCUT2D eigenvalue weighted by Crippen LogP contribution is 2.34. The lowest BCUT2D eigenvalue weighted by Gasteiger charge is -2.24. The third-order valence-electron chi connectivity index (χ3n) is 5.11. The van der Waals surface area contributed by atoms with Crippen LogP contribution in [0.4, 0.5) is 0 Å². The predicted octanol–water partition coefficient (Wildman–Crippen LogP) is 4.43. The summed E-state index contributed by atoms with van der Waals surface area (Å²) in [5.74, 6) is 0.824. The highest BCUT2D eigenvalue weighted by atomic mass is 16.5. The Balaban J connectivity index is 1.81. The number of aromatic nitrogens is 2. The summed E-state index contributed by atoms with van der Waals surface area (Å²) in [4.78, 5) is 20.1. The smallest absolute Gasteiger partial charge is 0.255 e. The Kier molecular flexibility index (Phi) is 4.02. The number of pyridine rings is 1. The zero-order valence-electron chi connectivity index (χ0n) is 15.7. The van der Waals surface area contributed by atoms with Crippen molar-refractivity contribution in [2.24, 2.45) is 0 Å². The molecule has 0 aliphatic carbocycles. The summed E-state index contributed by atoms with van der Waals surface area (Å²) in [6.07, 6.45) is 1.89. The first-order chi connectivity index (χ1) is 12.4. The van der Waals surface area contributed by atoms with Crippen LogP contribution in [0.3, 0.4) is 0 Å². The minimum Gasteiger partial charge on any atom is -0.361 e. The van der Waals surface area contributed by atoms with Gasteiger partial charge in [-0.1, -0.05) is 16.8 Å². The van der Waals surface area contributed by atoms with Crippen molar-refractivity contribution in [1.82, 2.24) is 15.0 Å². The molecule has 0 spiro atoms. The van der Waals surface area contributed by atoms with Gasteiger partial charge in [0, 0.05) is 23.7 Å². The first-order valence-corrected chi connectivity index (χ1v) is 9.07. The number of benzene rings is 1. The maximum Gasteiger partial charge on any atom is 0.255 e. The van der Waals surface area contributed by atoms with Crippen LogP contribution >= 0.6 is 0 Å². The molecule has 0 bridgehead atoms. The molecule has 1 fully saturated rings. The van der Waals surface area contributed by atoms with E-state index in [0.717, 1.165) is 64.1 Å². The summed E-state index contributed by atoms with van der Waals surface area (Å²) in [6.45, 7) is 8.66. The summed E-state index contributed by atoms with van der Waals surface area (Å²) in [5, 5.41) is 5.08. The molecule has 1 unspecified atom stereocenters. The third-order valence-corrected chi connectivity index (χ3v) is 5.11. The summed E-state index contributed by atoms with van der Waals surface area (Å²) in [5.41, 5.74) is 5.58. The number of nitrogens with zero attached hydrogens (tertiary/aromatic N) is 3. The van der Waals surface area contributed by atoms with Gasteiger partial charge in [0.15, 0.2) is 0 Å². The topological polar surface area (TPSA) is 59.2 Å². The van der Waals surface area contributed by atoms with Crippen molar-refractivity contribution in [2.45, 2.75) is 46.6 Å². The SMILES string of the molecule is Cc1cc(C)c2nc(C)cc(C(=O)N3CCCC3c3cc(C)on3)c2c1. The molecular formula is C21H23N3O2. The van der Waals surface area contributed by atoms with Gasteiger partial charge >= 0.3 is 0 Å². The van der Waals surface area contributed by atoms with E-state index in [0.29, 0.717) is 0 Å². The number of aryl methyl sites for hydroxylation is 4. The number of rotatable bonds is 2. The number of fused-ring (bicyclic) bond motifs is 1. The van der Waals surface area contributed by atoms with Crippen molar-refractivity contribution >= 4 is 16.8 Å². The quantitative estimate of drug-likeness (QED) is 0.686. The molecule has 1 aliphatic rings. The fourth-order valence-electron chi connectivity index (χ4n) is 4.00. The van der Waals surface area contributed by atoms with Crippen molar-refractivity contribution in [3.63, 3.8) is 0 Å². The van der Waals surface area contributed by atoms with Crippen molar-refractivity contribution in [3.05, 3.63) is 58.1 Å². The van der Waals surface area contributed by atoms with Gasteiger partial charge in [0.05, 0.1) is 17.1 Å². The van der Waals surface area contributed by atoms with Crippen molar-refractivity contribution < 1.29 is 9.32 Å². The molecule has 3 heterocycles. The van der Waals surface area contributed by atoms with Gasteiger partial charge in [0.2, 0.25) is 0 Å². The molecule has 3 aromatic rings.